The van der Waals surface area contributed by atoms with Crippen LogP contribution >= 0.6 is 11.6 Å². The summed E-state index contributed by atoms with van der Waals surface area (Å²) in [6.45, 7) is 1.13. The maximum absolute atomic E-state index is 11.2. The molecule has 0 radical (unpaired) electrons. The van der Waals surface area contributed by atoms with Crippen molar-refractivity contribution < 1.29 is 4.79 Å². The van der Waals surface area contributed by atoms with Gasteiger partial charge in [-0.3, -0.25) is 9.69 Å². The fraction of sp³-hybridized carbons (Fsp3) is 0.312. The van der Waals surface area contributed by atoms with Gasteiger partial charge in [-0.1, -0.05) is 23.7 Å². The molecule has 1 aliphatic rings. The highest BCUT2D eigenvalue weighted by Crippen LogP contribution is 2.31. The average Bonchev–Trinajstić information content (AvgIpc) is 2.95. The molecule has 0 unspecified atom stereocenters. The fourth-order valence-corrected chi connectivity index (χ4v) is 3.07. The van der Waals surface area contributed by atoms with E-state index >= 15 is 0 Å². The molecule has 0 aliphatic carbocycles. The number of hydrogen-bond acceptors (Lipinski definition) is 4. The van der Waals surface area contributed by atoms with Gasteiger partial charge in [0.05, 0.1) is 18.3 Å². The first-order valence-corrected chi connectivity index (χ1v) is 7.62. The Balaban J connectivity index is 1.89. The van der Waals surface area contributed by atoms with Crippen LogP contribution in [0, 0.1) is 0 Å². The average molecular weight is 317 g/mol. The lowest BCUT2D eigenvalue weighted by atomic mass is 10.1. The number of aromatic nitrogens is 2. The molecule has 1 aliphatic heterocycles. The van der Waals surface area contributed by atoms with Crippen molar-refractivity contribution in [1.82, 2.24) is 14.9 Å². The van der Waals surface area contributed by atoms with E-state index in [0.717, 1.165) is 30.6 Å². The maximum atomic E-state index is 11.2. The van der Waals surface area contributed by atoms with Gasteiger partial charge in [0.25, 0.3) is 0 Å². The normalized spacial score (nSPS) is 18.5. The molecule has 1 saturated heterocycles. The Labute approximate surface area is 134 Å². The second-order valence-electron chi connectivity index (χ2n) is 5.41. The first-order valence-electron chi connectivity index (χ1n) is 7.25. The van der Waals surface area contributed by atoms with Crippen molar-refractivity contribution in [2.45, 2.75) is 18.9 Å². The molecule has 0 saturated carbocycles. The number of carbonyl (C=O) groups is 1. The summed E-state index contributed by atoms with van der Waals surface area (Å²) in [6.07, 6.45) is 3.76. The van der Waals surface area contributed by atoms with Crippen LogP contribution in [0.4, 0.5) is 0 Å². The van der Waals surface area contributed by atoms with Gasteiger partial charge in [0, 0.05) is 16.8 Å². The smallest absolute Gasteiger partial charge is 0.231 e. The van der Waals surface area contributed by atoms with E-state index in [1.54, 1.807) is 6.20 Å². The number of nitrogens with zero attached hydrogens (tertiary/aromatic N) is 3. The monoisotopic (exact) mass is 316 g/mol. The molecule has 114 valence electrons. The molecule has 0 bridgehead atoms. The van der Waals surface area contributed by atoms with E-state index in [0.29, 0.717) is 10.8 Å². The SMILES string of the molecule is NC(=O)CN1CCC[C@H]1c1ccnc(-c2cccc(Cl)c2)n1. The molecule has 1 aromatic heterocycles. The van der Waals surface area contributed by atoms with E-state index in [2.05, 4.69) is 14.9 Å². The fourth-order valence-electron chi connectivity index (χ4n) is 2.88. The van der Waals surface area contributed by atoms with Crippen molar-refractivity contribution in [2.75, 3.05) is 13.1 Å². The number of amides is 1. The molecule has 2 heterocycles. The summed E-state index contributed by atoms with van der Waals surface area (Å²) in [6, 6.07) is 9.49. The highest BCUT2D eigenvalue weighted by Gasteiger charge is 2.28. The van der Waals surface area contributed by atoms with Crippen LogP contribution < -0.4 is 5.73 Å². The van der Waals surface area contributed by atoms with Crippen LogP contribution in [-0.4, -0.2) is 33.9 Å². The number of benzene rings is 1. The minimum Gasteiger partial charge on any atom is -0.369 e. The molecule has 1 amide bonds. The topological polar surface area (TPSA) is 72.1 Å². The lowest BCUT2D eigenvalue weighted by Gasteiger charge is -2.22. The third-order valence-corrected chi connectivity index (χ3v) is 4.06. The zero-order chi connectivity index (χ0) is 15.5. The third kappa shape index (κ3) is 3.26. The first-order chi connectivity index (χ1) is 10.6. The van der Waals surface area contributed by atoms with E-state index < -0.39 is 0 Å². The van der Waals surface area contributed by atoms with Crippen molar-refractivity contribution >= 4 is 17.5 Å². The van der Waals surface area contributed by atoms with Gasteiger partial charge in [-0.25, -0.2) is 9.97 Å². The molecule has 5 nitrogen and oxygen atoms in total. The zero-order valence-corrected chi connectivity index (χ0v) is 12.8. The first kappa shape index (κ1) is 14.9. The second-order valence-corrected chi connectivity index (χ2v) is 5.85. The van der Waals surface area contributed by atoms with Gasteiger partial charge < -0.3 is 5.73 Å². The van der Waals surface area contributed by atoms with Crippen LogP contribution in [0.1, 0.15) is 24.6 Å². The van der Waals surface area contributed by atoms with Crippen LogP contribution in [0.3, 0.4) is 0 Å². The summed E-state index contributed by atoms with van der Waals surface area (Å²) >= 11 is 6.03. The van der Waals surface area contributed by atoms with E-state index in [1.807, 2.05) is 30.3 Å². The molecular formula is C16H17ClN4O. The van der Waals surface area contributed by atoms with Crippen molar-refractivity contribution in [3.05, 3.63) is 47.2 Å². The number of rotatable bonds is 4. The summed E-state index contributed by atoms with van der Waals surface area (Å²) in [5, 5.41) is 0.655. The van der Waals surface area contributed by atoms with E-state index in [4.69, 9.17) is 17.3 Å². The number of primary amides is 1. The standard InChI is InChI=1S/C16H17ClN4O/c17-12-4-1-3-11(9-12)16-19-7-6-13(20-16)14-5-2-8-21(14)10-15(18)22/h1,3-4,6-7,9,14H,2,5,8,10H2,(H2,18,22)/t14-/m0/s1. The van der Waals surface area contributed by atoms with Crippen LogP contribution in [0.25, 0.3) is 11.4 Å². The molecule has 2 aromatic rings. The Morgan fingerprint density at radius 2 is 2.27 bits per heavy atom. The molecule has 1 fully saturated rings. The number of carbonyl (C=O) groups excluding carboxylic acids is 1. The van der Waals surface area contributed by atoms with Crippen molar-refractivity contribution in [1.29, 1.82) is 0 Å². The van der Waals surface area contributed by atoms with Crippen LogP contribution in [-0.2, 0) is 4.79 Å². The van der Waals surface area contributed by atoms with Gasteiger partial charge in [-0.05, 0) is 37.6 Å². The van der Waals surface area contributed by atoms with Gasteiger partial charge in [0.1, 0.15) is 0 Å². The number of likely N-dealkylation sites (tertiary alicyclic amines) is 1. The maximum Gasteiger partial charge on any atom is 0.231 e. The summed E-state index contributed by atoms with van der Waals surface area (Å²) in [5.74, 6) is 0.335. The number of halogens is 1. The Hall–Kier alpha value is -1.98. The lowest BCUT2D eigenvalue weighted by molar-refractivity contribution is -0.119. The second kappa shape index (κ2) is 6.42. The Morgan fingerprint density at radius 3 is 3.05 bits per heavy atom. The van der Waals surface area contributed by atoms with Crippen LogP contribution in [0.15, 0.2) is 36.5 Å². The van der Waals surface area contributed by atoms with Gasteiger partial charge in [-0.15, -0.1) is 0 Å². The molecule has 6 heteroatoms. The van der Waals surface area contributed by atoms with Crippen LogP contribution in [0.2, 0.25) is 5.02 Å². The van der Waals surface area contributed by atoms with E-state index in [9.17, 15) is 4.79 Å². The minimum atomic E-state index is -0.309. The lowest BCUT2D eigenvalue weighted by Crippen LogP contribution is -2.33. The Bertz CT molecular complexity index is 691. The van der Waals surface area contributed by atoms with E-state index in [-0.39, 0.29) is 18.5 Å². The van der Waals surface area contributed by atoms with Crippen molar-refractivity contribution in [3.8, 4) is 11.4 Å². The molecular weight excluding hydrogens is 300 g/mol. The quantitative estimate of drug-likeness (QED) is 0.940. The number of hydrogen-bond donors (Lipinski definition) is 1. The molecule has 0 spiro atoms. The molecule has 2 N–H and O–H groups in total. The van der Waals surface area contributed by atoms with Crippen LogP contribution in [0.5, 0.6) is 0 Å². The molecule has 1 atom stereocenters. The Kier molecular flexibility index (Phi) is 4.36. The highest BCUT2D eigenvalue weighted by molar-refractivity contribution is 6.30. The van der Waals surface area contributed by atoms with Gasteiger partial charge in [-0.2, -0.15) is 0 Å². The van der Waals surface area contributed by atoms with Crippen molar-refractivity contribution in [3.63, 3.8) is 0 Å². The summed E-state index contributed by atoms with van der Waals surface area (Å²) in [4.78, 5) is 22.3. The summed E-state index contributed by atoms with van der Waals surface area (Å²) in [5.41, 5.74) is 7.13. The predicted molar refractivity (Wildman–Crippen MR) is 85.2 cm³/mol. The molecule has 3 rings (SSSR count). The van der Waals surface area contributed by atoms with Gasteiger partial charge >= 0.3 is 0 Å². The van der Waals surface area contributed by atoms with Gasteiger partial charge in [0.2, 0.25) is 5.91 Å². The third-order valence-electron chi connectivity index (χ3n) is 3.82. The summed E-state index contributed by atoms with van der Waals surface area (Å²) in [7, 11) is 0. The minimum absolute atomic E-state index is 0.119. The zero-order valence-electron chi connectivity index (χ0n) is 12.1. The van der Waals surface area contributed by atoms with Gasteiger partial charge in [0.15, 0.2) is 5.82 Å². The highest BCUT2D eigenvalue weighted by atomic mass is 35.5. The van der Waals surface area contributed by atoms with E-state index in [1.165, 1.54) is 0 Å². The number of nitrogens with two attached hydrogens (primary N) is 1. The molecule has 1 aromatic carbocycles. The van der Waals surface area contributed by atoms with Crippen molar-refractivity contribution in [2.24, 2.45) is 5.73 Å². The predicted octanol–water partition coefficient (Wildman–Crippen LogP) is 2.42. The summed E-state index contributed by atoms with van der Waals surface area (Å²) < 4.78 is 0. The Morgan fingerprint density at radius 1 is 1.41 bits per heavy atom. The molecule has 22 heavy (non-hydrogen) atoms. The largest absolute Gasteiger partial charge is 0.369 e.